The van der Waals surface area contributed by atoms with E-state index in [1.54, 1.807) is 22.7 Å². The first-order valence-corrected chi connectivity index (χ1v) is 18.9. The number of carbonyl (C=O) groups excluding carboxylic acids is 3. The fourth-order valence-corrected chi connectivity index (χ4v) is 10.6. The lowest BCUT2D eigenvalue weighted by Crippen LogP contribution is -2.48. The number of fused-ring (bicyclic) bond motifs is 6. The topological polar surface area (TPSA) is 124 Å². The van der Waals surface area contributed by atoms with Crippen LogP contribution in [-0.2, 0) is 44.7 Å². The van der Waals surface area contributed by atoms with Gasteiger partial charge in [-0.2, -0.15) is 0 Å². The number of esters is 1. The van der Waals surface area contributed by atoms with Gasteiger partial charge in [0.1, 0.15) is 38.7 Å². The van der Waals surface area contributed by atoms with E-state index in [4.69, 9.17) is 32.7 Å². The normalized spacial score (nSPS) is 24.3. The van der Waals surface area contributed by atoms with Crippen molar-refractivity contribution in [3.8, 4) is 0 Å². The maximum absolute atomic E-state index is 13.6. The number of cyclic esters (lactones) is 1. The maximum atomic E-state index is 13.6. The second-order valence-electron chi connectivity index (χ2n) is 13.5. The van der Waals surface area contributed by atoms with E-state index in [0.29, 0.717) is 42.6 Å². The zero-order valence-corrected chi connectivity index (χ0v) is 31.1. The van der Waals surface area contributed by atoms with Crippen molar-refractivity contribution in [1.82, 2.24) is 24.8 Å². The van der Waals surface area contributed by atoms with E-state index in [9.17, 15) is 14.4 Å². The summed E-state index contributed by atoms with van der Waals surface area (Å²) in [6.07, 6.45) is 6.08. The average molecular weight is 753 g/mol. The number of amides is 2. The minimum atomic E-state index is -0.688. The molecule has 50 heavy (non-hydrogen) atoms. The first kappa shape index (κ1) is 34.7. The van der Waals surface area contributed by atoms with Crippen LogP contribution in [0.5, 0.6) is 0 Å². The molecule has 0 saturated carbocycles. The Morgan fingerprint density at radius 3 is 2.00 bits per heavy atom. The number of halogens is 2. The molecular weight excluding hydrogens is 717 g/mol. The highest BCUT2D eigenvalue weighted by Crippen LogP contribution is 2.47. The molecule has 3 aliphatic rings. The molecule has 260 valence electrons. The standard InChI is InChI=1S/C22H20ClN3O3S.C14H15ClN2O2S/c1-12-17(13-6-4-3-5-7-13)29-21(28)26(12)20(27)22(2)9-8-14-15(10-22)30-19-16(14)18(23)24-11-25-19;1-3-19-13(18)14(2)5-4-8-9(6-14)20-12-10(8)11(15)16-7-17-12/h3-7,11-12,17H,8-10H2,1-2H3;7H,3-6H2,1-2H3/t12-,17-,22+;14-/m01/s1. The number of nitrogens with zero attached hydrogens (tertiary/aromatic N) is 5. The van der Waals surface area contributed by atoms with Crippen LogP contribution in [0.3, 0.4) is 0 Å². The molecule has 1 fully saturated rings. The summed E-state index contributed by atoms with van der Waals surface area (Å²) in [6, 6.07) is 9.18. The van der Waals surface area contributed by atoms with Gasteiger partial charge in [-0.1, -0.05) is 60.5 Å². The minimum Gasteiger partial charge on any atom is -0.466 e. The van der Waals surface area contributed by atoms with Crippen molar-refractivity contribution in [3.63, 3.8) is 0 Å². The van der Waals surface area contributed by atoms with Crippen molar-refractivity contribution < 1.29 is 23.9 Å². The summed E-state index contributed by atoms with van der Waals surface area (Å²) in [5.74, 6) is -0.293. The Hall–Kier alpha value is -3.71. The Bertz CT molecular complexity index is 2140. The number of benzene rings is 1. The van der Waals surface area contributed by atoms with Crippen LogP contribution in [0.25, 0.3) is 20.4 Å². The molecule has 0 bridgehead atoms. The van der Waals surface area contributed by atoms with Gasteiger partial charge < -0.3 is 9.47 Å². The molecule has 14 heteroatoms. The SMILES string of the molecule is CCOC(=O)[C@]1(C)CCc2c(sc3ncnc(Cl)c23)C1.C[C@H]1[C@@H](c2ccccc2)OC(=O)N1C(=O)[C@]1(C)CCc2c(sc3ncnc(Cl)c23)C1. The molecule has 0 unspecified atom stereocenters. The van der Waals surface area contributed by atoms with Gasteiger partial charge in [0.2, 0.25) is 5.91 Å². The molecular formula is C36H35Cl2N5O5S2. The summed E-state index contributed by atoms with van der Waals surface area (Å²) in [5, 5.41) is 2.81. The zero-order valence-electron chi connectivity index (χ0n) is 28.0. The van der Waals surface area contributed by atoms with Gasteiger partial charge in [-0.3, -0.25) is 9.59 Å². The molecule has 2 amide bonds. The zero-order chi connectivity index (χ0) is 35.4. The number of ether oxygens (including phenoxy) is 2. The number of aryl methyl sites for hydroxylation is 2. The van der Waals surface area contributed by atoms with E-state index >= 15 is 0 Å². The van der Waals surface area contributed by atoms with Crippen LogP contribution in [0.4, 0.5) is 4.79 Å². The summed E-state index contributed by atoms with van der Waals surface area (Å²) >= 11 is 15.6. The van der Waals surface area contributed by atoms with Crippen molar-refractivity contribution >= 4 is 84.3 Å². The van der Waals surface area contributed by atoms with Crippen LogP contribution < -0.4 is 0 Å². The molecule has 1 aliphatic heterocycles. The van der Waals surface area contributed by atoms with E-state index in [0.717, 1.165) is 49.3 Å². The van der Waals surface area contributed by atoms with Gasteiger partial charge in [-0.05, 0) is 76.0 Å². The van der Waals surface area contributed by atoms with E-state index in [2.05, 4.69) is 19.9 Å². The lowest BCUT2D eigenvalue weighted by Gasteiger charge is -2.35. The van der Waals surface area contributed by atoms with E-state index < -0.39 is 23.0 Å². The number of aromatic nitrogens is 4. The maximum Gasteiger partial charge on any atom is 0.417 e. The molecule has 1 aromatic carbocycles. The van der Waals surface area contributed by atoms with Gasteiger partial charge in [-0.25, -0.2) is 29.6 Å². The molecule has 4 aromatic heterocycles. The van der Waals surface area contributed by atoms with Crippen molar-refractivity contribution in [2.24, 2.45) is 10.8 Å². The quantitative estimate of drug-likeness (QED) is 0.132. The number of carbonyl (C=O) groups is 3. The number of hydrogen-bond acceptors (Lipinski definition) is 11. The fraction of sp³-hybridized carbons (Fsp3) is 0.417. The molecule has 0 radical (unpaired) electrons. The third-order valence-corrected chi connectivity index (χ3v) is 13.0. The van der Waals surface area contributed by atoms with E-state index in [1.807, 2.05) is 58.0 Å². The predicted octanol–water partition coefficient (Wildman–Crippen LogP) is 8.35. The van der Waals surface area contributed by atoms with Gasteiger partial charge >= 0.3 is 12.1 Å². The first-order chi connectivity index (χ1) is 23.9. The third-order valence-electron chi connectivity index (χ3n) is 10.1. The third kappa shape index (κ3) is 6.03. The molecule has 5 aromatic rings. The predicted molar refractivity (Wildman–Crippen MR) is 194 cm³/mol. The molecule has 10 nitrogen and oxygen atoms in total. The van der Waals surface area contributed by atoms with E-state index in [1.165, 1.54) is 28.0 Å². The highest BCUT2D eigenvalue weighted by atomic mass is 35.5. The van der Waals surface area contributed by atoms with Gasteiger partial charge in [0, 0.05) is 9.75 Å². The fourth-order valence-electron chi connectivity index (χ4n) is 7.27. The molecule has 1 saturated heterocycles. The Morgan fingerprint density at radius 2 is 1.44 bits per heavy atom. The number of rotatable bonds is 4. The van der Waals surface area contributed by atoms with Crippen molar-refractivity contribution in [2.75, 3.05) is 6.61 Å². The summed E-state index contributed by atoms with van der Waals surface area (Å²) < 4.78 is 10.8. The summed E-state index contributed by atoms with van der Waals surface area (Å²) in [7, 11) is 0. The average Bonchev–Trinajstić information content (AvgIpc) is 3.75. The van der Waals surface area contributed by atoms with Crippen LogP contribution >= 0.6 is 45.9 Å². The van der Waals surface area contributed by atoms with Gasteiger partial charge in [0.15, 0.2) is 0 Å². The van der Waals surface area contributed by atoms with Crippen LogP contribution in [0.15, 0.2) is 43.0 Å². The highest BCUT2D eigenvalue weighted by Gasteiger charge is 2.50. The molecule has 4 atom stereocenters. The molecule has 2 aliphatic carbocycles. The Balaban J connectivity index is 0.000000170. The first-order valence-electron chi connectivity index (χ1n) is 16.5. The molecule has 5 heterocycles. The van der Waals surface area contributed by atoms with Crippen LogP contribution in [0, 0.1) is 10.8 Å². The van der Waals surface area contributed by atoms with Crippen LogP contribution in [0.2, 0.25) is 10.3 Å². The second-order valence-corrected chi connectivity index (χ2v) is 16.4. The lowest BCUT2D eigenvalue weighted by molar-refractivity contribution is -0.155. The Labute approximate surface area is 307 Å². The van der Waals surface area contributed by atoms with Gasteiger partial charge in [0.25, 0.3) is 0 Å². The molecule has 0 spiro atoms. The number of hydrogen-bond donors (Lipinski definition) is 0. The Morgan fingerprint density at radius 1 is 0.900 bits per heavy atom. The molecule has 0 N–H and O–H groups in total. The smallest absolute Gasteiger partial charge is 0.417 e. The summed E-state index contributed by atoms with van der Waals surface area (Å²) in [5.41, 5.74) is 2.10. The van der Waals surface area contributed by atoms with Crippen molar-refractivity contribution in [2.45, 2.75) is 78.4 Å². The number of imide groups is 1. The van der Waals surface area contributed by atoms with Crippen LogP contribution in [-0.4, -0.2) is 55.5 Å². The summed E-state index contributed by atoms with van der Waals surface area (Å²) in [4.78, 5) is 60.5. The molecule has 8 rings (SSSR count). The van der Waals surface area contributed by atoms with E-state index in [-0.39, 0.29) is 17.9 Å². The second kappa shape index (κ2) is 13.4. The van der Waals surface area contributed by atoms with Gasteiger partial charge in [-0.15, -0.1) is 22.7 Å². The van der Waals surface area contributed by atoms with Crippen molar-refractivity contribution in [3.05, 3.63) is 79.7 Å². The highest BCUT2D eigenvalue weighted by molar-refractivity contribution is 7.19. The monoisotopic (exact) mass is 751 g/mol. The largest absolute Gasteiger partial charge is 0.466 e. The van der Waals surface area contributed by atoms with Crippen LogP contribution in [0.1, 0.15) is 73.1 Å². The minimum absolute atomic E-state index is 0.111. The lowest BCUT2D eigenvalue weighted by atomic mass is 9.74. The summed E-state index contributed by atoms with van der Waals surface area (Å²) in [6.45, 7) is 8.04. The van der Waals surface area contributed by atoms with Gasteiger partial charge in [0.05, 0.1) is 34.3 Å². The van der Waals surface area contributed by atoms with Crippen molar-refractivity contribution in [1.29, 1.82) is 0 Å². The Kier molecular flexibility index (Phi) is 9.34. The number of thiophene rings is 2.